The Hall–Kier alpha value is -0.900. The van der Waals surface area contributed by atoms with Crippen LogP contribution in [-0.4, -0.2) is 30.3 Å². The zero-order valence-corrected chi connectivity index (χ0v) is 11.8. The fraction of sp³-hybridized carbons (Fsp3) is 0.625. The van der Waals surface area contributed by atoms with Crippen LogP contribution in [0.1, 0.15) is 44.2 Å². The molecule has 0 radical (unpaired) electrons. The molecule has 0 aliphatic carbocycles. The topological polar surface area (TPSA) is 44.3 Å². The molecule has 0 aromatic heterocycles. The monoisotopic (exact) mass is 262 g/mol. The highest BCUT2D eigenvalue weighted by Gasteiger charge is 2.18. The molecule has 0 amide bonds. The van der Waals surface area contributed by atoms with Crippen LogP contribution < -0.4 is 10.6 Å². The van der Waals surface area contributed by atoms with Crippen LogP contribution in [0.25, 0.3) is 0 Å². The van der Waals surface area contributed by atoms with E-state index < -0.39 is 0 Å². The lowest BCUT2D eigenvalue weighted by atomic mass is 9.98. The van der Waals surface area contributed by atoms with Crippen LogP contribution >= 0.6 is 0 Å². The second-order valence-corrected chi connectivity index (χ2v) is 5.60. The summed E-state index contributed by atoms with van der Waals surface area (Å²) in [4.78, 5) is 0. The molecule has 3 heteroatoms. The van der Waals surface area contributed by atoms with Crippen LogP contribution in [0.15, 0.2) is 30.3 Å². The predicted octanol–water partition coefficient (Wildman–Crippen LogP) is 2.23. The molecule has 106 valence electrons. The Balaban J connectivity index is 1.84. The van der Waals surface area contributed by atoms with Crippen molar-refractivity contribution in [1.29, 1.82) is 0 Å². The van der Waals surface area contributed by atoms with E-state index in [0.717, 1.165) is 18.5 Å². The molecule has 0 saturated carbocycles. The number of piperidine rings is 1. The second-order valence-electron chi connectivity index (χ2n) is 5.60. The Bertz CT molecular complexity index is 349. The molecule has 1 heterocycles. The molecule has 1 saturated heterocycles. The first-order chi connectivity index (χ1) is 9.29. The van der Waals surface area contributed by atoms with Crippen molar-refractivity contribution >= 4 is 0 Å². The number of aliphatic hydroxyl groups is 1. The van der Waals surface area contributed by atoms with E-state index in [9.17, 15) is 5.11 Å². The average molecular weight is 262 g/mol. The molecule has 1 aromatic rings. The van der Waals surface area contributed by atoms with Gasteiger partial charge in [0.2, 0.25) is 0 Å². The fourth-order valence-corrected chi connectivity index (χ4v) is 2.90. The van der Waals surface area contributed by atoms with Gasteiger partial charge in [-0.25, -0.2) is 0 Å². The number of aliphatic hydroxyl groups excluding tert-OH is 1. The highest BCUT2D eigenvalue weighted by Crippen LogP contribution is 2.16. The van der Waals surface area contributed by atoms with Crippen molar-refractivity contribution in [2.75, 3.05) is 13.2 Å². The molecule has 19 heavy (non-hydrogen) atoms. The summed E-state index contributed by atoms with van der Waals surface area (Å²) >= 11 is 0. The Kier molecular flexibility index (Phi) is 5.83. The second kappa shape index (κ2) is 7.63. The molecular weight excluding hydrogens is 236 g/mol. The smallest absolute Gasteiger partial charge is 0.0626 e. The molecule has 0 bridgehead atoms. The van der Waals surface area contributed by atoms with E-state index in [1.54, 1.807) is 0 Å². The summed E-state index contributed by atoms with van der Waals surface area (Å²) in [5, 5.41) is 16.7. The van der Waals surface area contributed by atoms with E-state index in [1.165, 1.54) is 19.3 Å². The van der Waals surface area contributed by atoms with E-state index in [0.29, 0.717) is 12.1 Å². The molecule has 3 unspecified atom stereocenters. The van der Waals surface area contributed by atoms with Crippen LogP contribution in [0.3, 0.4) is 0 Å². The third-order valence-electron chi connectivity index (χ3n) is 3.92. The first kappa shape index (κ1) is 14.5. The molecule has 3 N–H and O–H groups in total. The first-order valence-corrected chi connectivity index (χ1v) is 7.45. The lowest BCUT2D eigenvalue weighted by Crippen LogP contribution is -2.41. The number of hydrogen-bond donors (Lipinski definition) is 3. The molecule has 1 aliphatic rings. The van der Waals surface area contributed by atoms with Gasteiger partial charge >= 0.3 is 0 Å². The maximum atomic E-state index is 9.56. The molecule has 3 atom stereocenters. The summed E-state index contributed by atoms with van der Waals surface area (Å²) in [5.41, 5.74) is 1.16. The number of rotatable bonds is 6. The van der Waals surface area contributed by atoms with Gasteiger partial charge in [-0.05, 0) is 38.3 Å². The van der Waals surface area contributed by atoms with Gasteiger partial charge in [-0.3, -0.25) is 0 Å². The summed E-state index contributed by atoms with van der Waals surface area (Å²) in [5.74, 6) is 0. The fourth-order valence-electron chi connectivity index (χ4n) is 2.90. The number of benzene rings is 1. The molecule has 3 nitrogen and oxygen atoms in total. The quantitative estimate of drug-likeness (QED) is 0.736. The Morgan fingerprint density at radius 1 is 1.32 bits per heavy atom. The van der Waals surface area contributed by atoms with Gasteiger partial charge in [-0.1, -0.05) is 36.8 Å². The summed E-state index contributed by atoms with van der Waals surface area (Å²) in [6.07, 6.45) is 5.05. The summed E-state index contributed by atoms with van der Waals surface area (Å²) < 4.78 is 0. The first-order valence-electron chi connectivity index (χ1n) is 7.45. The number of nitrogens with one attached hydrogen (secondary N) is 2. The Morgan fingerprint density at radius 3 is 2.74 bits per heavy atom. The molecule has 0 spiro atoms. The van der Waals surface area contributed by atoms with E-state index in [-0.39, 0.29) is 12.6 Å². The van der Waals surface area contributed by atoms with Crippen molar-refractivity contribution in [3.63, 3.8) is 0 Å². The van der Waals surface area contributed by atoms with Gasteiger partial charge in [0.25, 0.3) is 0 Å². The Morgan fingerprint density at radius 2 is 2.11 bits per heavy atom. The predicted molar refractivity (Wildman–Crippen MR) is 79.1 cm³/mol. The molecule has 1 fully saturated rings. The minimum absolute atomic E-state index is 0.0415. The minimum atomic E-state index is 0.0415. The highest BCUT2D eigenvalue weighted by atomic mass is 16.3. The van der Waals surface area contributed by atoms with Crippen LogP contribution in [0.4, 0.5) is 0 Å². The highest BCUT2D eigenvalue weighted by molar-refractivity contribution is 5.19. The van der Waals surface area contributed by atoms with Gasteiger partial charge in [0.05, 0.1) is 12.6 Å². The van der Waals surface area contributed by atoms with Crippen LogP contribution in [0, 0.1) is 0 Å². The van der Waals surface area contributed by atoms with Crippen LogP contribution in [0.5, 0.6) is 0 Å². The van der Waals surface area contributed by atoms with Gasteiger partial charge in [-0.15, -0.1) is 0 Å². The molecule has 2 rings (SSSR count). The van der Waals surface area contributed by atoms with Crippen LogP contribution in [0.2, 0.25) is 0 Å². The SMILES string of the molecule is CC(CC1CCCCN1)NC(CO)c1ccccc1. The summed E-state index contributed by atoms with van der Waals surface area (Å²) in [6.45, 7) is 3.51. The van der Waals surface area contributed by atoms with E-state index in [1.807, 2.05) is 18.2 Å². The number of hydrogen-bond acceptors (Lipinski definition) is 3. The minimum Gasteiger partial charge on any atom is -0.394 e. The van der Waals surface area contributed by atoms with E-state index >= 15 is 0 Å². The van der Waals surface area contributed by atoms with Crippen molar-refractivity contribution in [1.82, 2.24) is 10.6 Å². The summed E-state index contributed by atoms with van der Waals surface area (Å²) in [7, 11) is 0. The van der Waals surface area contributed by atoms with E-state index in [2.05, 4.69) is 29.7 Å². The average Bonchev–Trinajstić information content (AvgIpc) is 2.47. The Labute approximate surface area is 116 Å². The zero-order chi connectivity index (χ0) is 13.5. The van der Waals surface area contributed by atoms with Crippen molar-refractivity contribution < 1.29 is 5.11 Å². The van der Waals surface area contributed by atoms with Gasteiger partial charge in [0.15, 0.2) is 0 Å². The lowest BCUT2D eigenvalue weighted by molar-refractivity contribution is 0.226. The maximum Gasteiger partial charge on any atom is 0.0626 e. The zero-order valence-electron chi connectivity index (χ0n) is 11.8. The largest absolute Gasteiger partial charge is 0.394 e. The van der Waals surface area contributed by atoms with Crippen LogP contribution in [-0.2, 0) is 0 Å². The van der Waals surface area contributed by atoms with E-state index in [4.69, 9.17) is 0 Å². The third-order valence-corrected chi connectivity index (χ3v) is 3.92. The third kappa shape index (κ3) is 4.60. The van der Waals surface area contributed by atoms with Crippen molar-refractivity contribution in [2.45, 2.75) is 50.7 Å². The normalized spacial score (nSPS) is 22.9. The van der Waals surface area contributed by atoms with Gasteiger partial charge in [-0.2, -0.15) is 0 Å². The molecule has 1 aromatic carbocycles. The lowest BCUT2D eigenvalue weighted by Gasteiger charge is -2.29. The molecule has 1 aliphatic heterocycles. The molecular formula is C16H26N2O. The van der Waals surface area contributed by atoms with Gasteiger partial charge in [0.1, 0.15) is 0 Å². The van der Waals surface area contributed by atoms with Crippen molar-refractivity contribution in [3.8, 4) is 0 Å². The summed E-state index contributed by atoms with van der Waals surface area (Å²) in [6, 6.07) is 11.3. The van der Waals surface area contributed by atoms with Gasteiger partial charge in [0, 0.05) is 12.1 Å². The standard InChI is InChI=1S/C16H26N2O/c1-13(11-15-9-5-6-10-17-15)18-16(12-19)14-7-3-2-4-8-14/h2-4,7-8,13,15-19H,5-6,9-12H2,1H3. The van der Waals surface area contributed by atoms with Crippen molar-refractivity contribution in [2.24, 2.45) is 0 Å². The van der Waals surface area contributed by atoms with Crippen molar-refractivity contribution in [3.05, 3.63) is 35.9 Å². The van der Waals surface area contributed by atoms with Gasteiger partial charge < -0.3 is 15.7 Å². The maximum absolute atomic E-state index is 9.56.